The molecule has 7 heteroatoms. The molecule has 0 bridgehead atoms. The number of halogens is 1. The molecule has 0 aliphatic carbocycles. The second-order valence-electron chi connectivity index (χ2n) is 4.78. The second kappa shape index (κ2) is 6.02. The lowest BCUT2D eigenvalue weighted by Crippen LogP contribution is -1.95. The molecule has 0 aliphatic heterocycles. The summed E-state index contributed by atoms with van der Waals surface area (Å²) in [5, 5.41) is 15.7. The molecular weight excluding hydrogens is 318 g/mol. The van der Waals surface area contributed by atoms with Gasteiger partial charge in [0.15, 0.2) is 6.29 Å². The van der Waals surface area contributed by atoms with Gasteiger partial charge in [0, 0.05) is 28.9 Å². The molecule has 0 atom stereocenters. The number of hydrogen-bond acceptors (Lipinski definition) is 4. The number of nitro groups is 1. The van der Waals surface area contributed by atoms with Crippen molar-refractivity contribution in [2.75, 3.05) is 0 Å². The molecule has 0 aliphatic rings. The lowest BCUT2D eigenvalue weighted by Gasteiger charge is -2.01. The summed E-state index contributed by atoms with van der Waals surface area (Å²) in [6, 6.07) is 12.9. The normalized spacial score (nSPS) is 10.5. The van der Waals surface area contributed by atoms with Gasteiger partial charge in [-0.2, -0.15) is 5.10 Å². The topological polar surface area (TPSA) is 78.0 Å². The van der Waals surface area contributed by atoms with Gasteiger partial charge in [0.1, 0.15) is 5.69 Å². The molecule has 114 valence electrons. The van der Waals surface area contributed by atoms with Crippen LogP contribution in [0.4, 0.5) is 5.69 Å². The fraction of sp³-hybridized carbons (Fsp3) is 0. The van der Waals surface area contributed by atoms with Crippen molar-refractivity contribution < 1.29 is 9.72 Å². The number of rotatable bonds is 4. The van der Waals surface area contributed by atoms with Gasteiger partial charge in [-0.05, 0) is 24.3 Å². The Morgan fingerprint density at radius 3 is 2.30 bits per heavy atom. The summed E-state index contributed by atoms with van der Waals surface area (Å²) in [6.07, 6.45) is 2.30. The minimum atomic E-state index is -0.469. The minimum absolute atomic E-state index is 0.00515. The van der Waals surface area contributed by atoms with Gasteiger partial charge in [-0.1, -0.05) is 23.7 Å². The Morgan fingerprint density at radius 2 is 1.74 bits per heavy atom. The molecule has 3 aromatic rings. The summed E-state index contributed by atoms with van der Waals surface area (Å²) in [5.41, 5.74) is 2.33. The zero-order valence-corrected chi connectivity index (χ0v) is 12.5. The van der Waals surface area contributed by atoms with Crippen LogP contribution in [0.5, 0.6) is 0 Å². The van der Waals surface area contributed by atoms with E-state index in [1.54, 1.807) is 42.6 Å². The second-order valence-corrected chi connectivity index (χ2v) is 5.21. The van der Waals surface area contributed by atoms with Gasteiger partial charge in [-0.25, -0.2) is 4.68 Å². The molecule has 0 fully saturated rings. The third-order valence-corrected chi connectivity index (χ3v) is 3.56. The Kier molecular flexibility index (Phi) is 3.91. The van der Waals surface area contributed by atoms with Gasteiger partial charge >= 0.3 is 0 Å². The third kappa shape index (κ3) is 2.97. The van der Waals surface area contributed by atoms with Crippen LogP contribution in [-0.2, 0) is 0 Å². The van der Waals surface area contributed by atoms with Crippen LogP contribution in [0.25, 0.3) is 16.9 Å². The Hall–Kier alpha value is -2.99. The molecule has 1 heterocycles. The number of aromatic nitrogens is 2. The van der Waals surface area contributed by atoms with Gasteiger partial charge in [0.25, 0.3) is 5.69 Å². The largest absolute Gasteiger partial charge is 0.298 e. The number of nitro benzene ring substituents is 1. The Balaban J connectivity index is 2.03. The standard InChI is InChI=1S/C16H10ClN3O3/c17-13-3-1-11(2-4-13)16-12(10-21)9-19(18-16)14-5-7-15(8-6-14)20(22)23/h1-10H. The molecule has 0 unspecified atom stereocenters. The number of benzene rings is 2. The maximum atomic E-state index is 11.3. The van der Waals surface area contributed by atoms with Crippen molar-refractivity contribution in [1.29, 1.82) is 0 Å². The molecule has 3 rings (SSSR count). The fourth-order valence-corrected chi connectivity index (χ4v) is 2.29. The predicted molar refractivity (Wildman–Crippen MR) is 86.1 cm³/mol. The Labute approximate surface area is 136 Å². The molecule has 0 saturated carbocycles. The molecule has 0 amide bonds. The summed E-state index contributed by atoms with van der Waals surface area (Å²) in [4.78, 5) is 21.5. The van der Waals surface area contributed by atoms with E-state index in [1.165, 1.54) is 16.8 Å². The highest BCUT2D eigenvalue weighted by molar-refractivity contribution is 6.30. The first-order chi connectivity index (χ1) is 11.1. The number of nitrogens with zero attached hydrogens (tertiary/aromatic N) is 3. The lowest BCUT2D eigenvalue weighted by atomic mass is 10.1. The van der Waals surface area contributed by atoms with E-state index >= 15 is 0 Å². The summed E-state index contributed by atoms with van der Waals surface area (Å²) < 4.78 is 1.51. The van der Waals surface area contributed by atoms with Crippen LogP contribution in [0.1, 0.15) is 10.4 Å². The van der Waals surface area contributed by atoms with Crippen molar-refractivity contribution >= 4 is 23.6 Å². The van der Waals surface area contributed by atoms with E-state index in [9.17, 15) is 14.9 Å². The van der Waals surface area contributed by atoms with E-state index in [-0.39, 0.29) is 5.69 Å². The van der Waals surface area contributed by atoms with E-state index in [0.29, 0.717) is 22.0 Å². The van der Waals surface area contributed by atoms with E-state index in [0.717, 1.165) is 11.8 Å². The molecule has 2 aromatic carbocycles. The molecule has 0 N–H and O–H groups in total. The first-order valence-electron chi connectivity index (χ1n) is 6.64. The highest BCUT2D eigenvalue weighted by Crippen LogP contribution is 2.24. The van der Waals surface area contributed by atoms with E-state index in [2.05, 4.69) is 5.10 Å². The summed E-state index contributed by atoms with van der Waals surface area (Å²) >= 11 is 5.86. The van der Waals surface area contributed by atoms with Crippen molar-refractivity contribution in [3.8, 4) is 16.9 Å². The van der Waals surface area contributed by atoms with E-state index in [1.807, 2.05) is 0 Å². The van der Waals surface area contributed by atoms with Crippen LogP contribution in [0.3, 0.4) is 0 Å². The van der Waals surface area contributed by atoms with Crippen LogP contribution >= 0.6 is 11.6 Å². The summed E-state index contributed by atoms with van der Waals surface area (Å²) in [5.74, 6) is 0. The van der Waals surface area contributed by atoms with Gasteiger partial charge in [0.2, 0.25) is 0 Å². The predicted octanol–water partition coefficient (Wildman–Crippen LogP) is 3.91. The first kappa shape index (κ1) is 14.9. The lowest BCUT2D eigenvalue weighted by molar-refractivity contribution is -0.384. The van der Waals surface area contributed by atoms with Crippen LogP contribution in [0.15, 0.2) is 54.7 Å². The number of hydrogen-bond donors (Lipinski definition) is 0. The average Bonchev–Trinajstić information content (AvgIpc) is 3.00. The van der Waals surface area contributed by atoms with Crippen LogP contribution in [0.2, 0.25) is 5.02 Å². The van der Waals surface area contributed by atoms with Crippen molar-refractivity contribution in [2.24, 2.45) is 0 Å². The van der Waals surface area contributed by atoms with Crippen molar-refractivity contribution in [2.45, 2.75) is 0 Å². The Bertz CT molecular complexity index is 871. The SMILES string of the molecule is O=Cc1cn(-c2ccc([N+](=O)[O-])cc2)nc1-c1ccc(Cl)cc1. The highest BCUT2D eigenvalue weighted by Gasteiger charge is 2.12. The fourth-order valence-electron chi connectivity index (χ4n) is 2.16. The van der Waals surface area contributed by atoms with E-state index < -0.39 is 4.92 Å². The summed E-state index contributed by atoms with van der Waals surface area (Å²) in [6.45, 7) is 0. The molecule has 1 aromatic heterocycles. The molecule has 23 heavy (non-hydrogen) atoms. The quantitative estimate of drug-likeness (QED) is 0.413. The third-order valence-electron chi connectivity index (χ3n) is 3.31. The number of aldehydes is 1. The number of non-ortho nitro benzene ring substituents is 1. The van der Waals surface area contributed by atoms with Crippen molar-refractivity contribution in [3.63, 3.8) is 0 Å². The molecule has 0 spiro atoms. The summed E-state index contributed by atoms with van der Waals surface area (Å²) in [7, 11) is 0. The van der Waals surface area contributed by atoms with Crippen LogP contribution in [0, 0.1) is 10.1 Å². The molecular formula is C16H10ClN3O3. The number of carbonyl (C=O) groups is 1. The number of carbonyl (C=O) groups excluding carboxylic acids is 1. The Morgan fingerprint density at radius 1 is 1.09 bits per heavy atom. The molecule has 0 radical (unpaired) electrons. The van der Waals surface area contributed by atoms with Gasteiger partial charge in [-0.3, -0.25) is 14.9 Å². The van der Waals surface area contributed by atoms with Gasteiger partial charge in [0.05, 0.1) is 16.2 Å². The van der Waals surface area contributed by atoms with Crippen LogP contribution in [-0.4, -0.2) is 21.0 Å². The van der Waals surface area contributed by atoms with Gasteiger partial charge in [-0.15, -0.1) is 0 Å². The van der Waals surface area contributed by atoms with E-state index in [4.69, 9.17) is 11.6 Å². The maximum Gasteiger partial charge on any atom is 0.269 e. The average molecular weight is 328 g/mol. The van der Waals surface area contributed by atoms with Crippen molar-refractivity contribution in [3.05, 3.63) is 75.4 Å². The minimum Gasteiger partial charge on any atom is -0.298 e. The molecule has 0 saturated heterocycles. The van der Waals surface area contributed by atoms with Crippen LogP contribution < -0.4 is 0 Å². The zero-order chi connectivity index (χ0) is 16.4. The van der Waals surface area contributed by atoms with Crippen molar-refractivity contribution in [1.82, 2.24) is 9.78 Å². The highest BCUT2D eigenvalue weighted by atomic mass is 35.5. The molecule has 6 nitrogen and oxygen atoms in total. The van der Waals surface area contributed by atoms with Gasteiger partial charge < -0.3 is 0 Å². The smallest absolute Gasteiger partial charge is 0.269 e. The monoisotopic (exact) mass is 327 g/mol. The first-order valence-corrected chi connectivity index (χ1v) is 7.02. The maximum absolute atomic E-state index is 11.3. The zero-order valence-electron chi connectivity index (χ0n) is 11.7.